The second kappa shape index (κ2) is 12.3. The number of carbonyl (C=O) groups excluding carboxylic acids is 1. The number of aliphatic carboxylic acids is 1. The number of urea groups is 1. The van der Waals surface area contributed by atoms with Crippen LogP contribution in [0, 0.1) is 5.92 Å². The molecule has 8 heteroatoms. The summed E-state index contributed by atoms with van der Waals surface area (Å²) in [5.74, 6) is 0.310. The second-order valence-electron chi connectivity index (χ2n) is 7.09. The van der Waals surface area contributed by atoms with Crippen molar-refractivity contribution in [2.45, 2.75) is 32.3 Å². The van der Waals surface area contributed by atoms with Crippen LogP contribution in [0.3, 0.4) is 0 Å². The molecule has 0 saturated heterocycles. The third kappa shape index (κ3) is 8.70. The van der Waals surface area contributed by atoms with Crippen molar-refractivity contribution >= 4 is 12.0 Å². The van der Waals surface area contributed by atoms with Gasteiger partial charge in [0.05, 0.1) is 13.2 Å². The van der Waals surface area contributed by atoms with Gasteiger partial charge in [0.1, 0.15) is 12.4 Å². The first-order chi connectivity index (χ1) is 14.0. The van der Waals surface area contributed by atoms with Crippen LogP contribution in [0.2, 0.25) is 0 Å². The van der Waals surface area contributed by atoms with Crippen molar-refractivity contribution in [3.05, 3.63) is 29.8 Å². The fourth-order valence-electron chi connectivity index (χ4n) is 2.89. The molecule has 8 nitrogen and oxygen atoms in total. The molecule has 2 rings (SSSR count). The number of rotatable bonds is 14. The van der Waals surface area contributed by atoms with E-state index in [0.29, 0.717) is 51.0 Å². The van der Waals surface area contributed by atoms with Crippen molar-refractivity contribution in [1.29, 1.82) is 0 Å². The van der Waals surface area contributed by atoms with E-state index < -0.39 is 12.1 Å². The first-order valence-corrected chi connectivity index (χ1v) is 10.1. The number of hydrogen-bond acceptors (Lipinski definition) is 5. The van der Waals surface area contributed by atoms with Crippen LogP contribution in [-0.2, 0) is 20.7 Å². The third-order valence-electron chi connectivity index (χ3n) is 4.66. The maximum Gasteiger partial charge on any atom is 0.333 e. The number of methoxy groups -OCH3 is 1. The van der Waals surface area contributed by atoms with E-state index in [-0.39, 0.29) is 6.03 Å². The second-order valence-corrected chi connectivity index (χ2v) is 7.09. The molecule has 1 aromatic rings. The summed E-state index contributed by atoms with van der Waals surface area (Å²) in [5, 5.41) is 12.0. The van der Waals surface area contributed by atoms with Gasteiger partial charge in [-0.1, -0.05) is 12.1 Å². The number of carboxylic acid groups (broad SMARTS) is 1. The highest BCUT2D eigenvalue weighted by atomic mass is 16.5. The number of nitrogens with one attached hydrogen (secondary N) is 1. The van der Waals surface area contributed by atoms with Gasteiger partial charge in [0.2, 0.25) is 0 Å². The minimum Gasteiger partial charge on any atom is -0.492 e. The quantitative estimate of drug-likeness (QED) is 0.458. The Bertz CT molecular complexity index is 633. The van der Waals surface area contributed by atoms with Gasteiger partial charge in [-0.25, -0.2) is 9.59 Å². The van der Waals surface area contributed by atoms with Crippen molar-refractivity contribution < 1.29 is 28.9 Å². The molecule has 1 unspecified atom stereocenters. The van der Waals surface area contributed by atoms with E-state index in [1.165, 1.54) is 12.8 Å². The molecular weight excluding hydrogens is 376 g/mol. The number of benzene rings is 1. The molecule has 0 aromatic heterocycles. The minimum atomic E-state index is -0.966. The van der Waals surface area contributed by atoms with E-state index in [1.54, 1.807) is 18.9 Å². The molecule has 0 spiro atoms. The molecule has 2 N–H and O–H groups in total. The van der Waals surface area contributed by atoms with Gasteiger partial charge in [-0.2, -0.15) is 0 Å². The maximum atomic E-state index is 12.3. The molecule has 0 bridgehead atoms. The van der Waals surface area contributed by atoms with Gasteiger partial charge in [-0.3, -0.25) is 0 Å². The van der Waals surface area contributed by atoms with E-state index in [4.69, 9.17) is 14.2 Å². The molecule has 162 valence electrons. The van der Waals surface area contributed by atoms with Crippen LogP contribution in [-0.4, -0.2) is 74.7 Å². The minimum absolute atomic E-state index is 0.0939. The van der Waals surface area contributed by atoms with Crippen molar-refractivity contribution in [1.82, 2.24) is 10.2 Å². The van der Waals surface area contributed by atoms with Crippen molar-refractivity contribution in [3.63, 3.8) is 0 Å². The molecule has 1 aromatic carbocycles. The van der Waals surface area contributed by atoms with E-state index in [1.807, 2.05) is 24.3 Å². The van der Waals surface area contributed by atoms with Gasteiger partial charge >= 0.3 is 12.0 Å². The Hall–Kier alpha value is -2.32. The molecule has 29 heavy (non-hydrogen) atoms. The standard InChI is InChI=1S/C21H32N2O6/c1-3-28-19(20(24)25)14-16-6-8-18(9-7-16)29-13-11-23(15-17-4-5-17)21(26)22-10-12-27-2/h6-9,17,19H,3-5,10-15H2,1-2H3,(H,22,26)(H,24,25). The normalized spacial score (nSPS) is 14.3. The molecule has 1 aliphatic carbocycles. The molecular formula is C21H32N2O6. The molecule has 0 aliphatic heterocycles. The van der Waals surface area contributed by atoms with Crippen LogP contribution in [0.15, 0.2) is 24.3 Å². The predicted molar refractivity (Wildman–Crippen MR) is 108 cm³/mol. The molecule has 0 radical (unpaired) electrons. The number of carboxylic acids is 1. The first kappa shape index (κ1) is 23.0. The Morgan fingerprint density at radius 1 is 1.24 bits per heavy atom. The lowest BCUT2D eigenvalue weighted by atomic mass is 10.1. The molecule has 1 saturated carbocycles. The Balaban J connectivity index is 1.79. The van der Waals surface area contributed by atoms with Crippen LogP contribution in [0.25, 0.3) is 0 Å². The summed E-state index contributed by atoms with van der Waals surface area (Å²) in [6.07, 6.45) is 1.80. The first-order valence-electron chi connectivity index (χ1n) is 10.1. The smallest absolute Gasteiger partial charge is 0.333 e. The monoisotopic (exact) mass is 408 g/mol. The summed E-state index contributed by atoms with van der Waals surface area (Å²) in [6.45, 7) is 4.74. The van der Waals surface area contributed by atoms with Crippen LogP contribution < -0.4 is 10.1 Å². The van der Waals surface area contributed by atoms with Gasteiger partial charge in [-0.05, 0) is 43.4 Å². The van der Waals surface area contributed by atoms with Crippen LogP contribution >= 0.6 is 0 Å². The fraction of sp³-hybridized carbons (Fsp3) is 0.619. The Morgan fingerprint density at radius 2 is 1.97 bits per heavy atom. The summed E-state index contributed by atoms with van der Waals surface area (Å²) >= 11 is 0. The number of hydrogen-bond donors (Lipinski definition) is 2. The lowest BCUT2D eigenvalue weighted by Crippen LogP contribution is -2.44. The zero-order chi connectivity index (χ0) is 21.1. The SMILES string of the molecule is CCOC(Cc1ccc(OCCN(CC2CC2)C(=O)NCCOC)cc1)C(=O)O. The Labute approximate surface area is 172 Å². The summed E-state index contributed by atoms with van der Waals surface area (Å²) in [5.41, 5.74) is 0.867. The fourth-order valence-corrected chi connectivity index (χ4v) is 2.89. The highest BCUT2D eigenvalue weighted by Crippen LogP contribution is 2.29. The molecule has 1 atom stereocenters. The summed E-state index contributed by atoms with van der Waals surface area (Å²) in [6, 6.07) is 7.20. The topological polar surface area (TPSA) is 97.3 Å². The average Bonchev–Trinajstić information content (AvgIpc) is 3.52. The predicted octanol–water partition coefficient (Wildman–Crippen LogP) is 2.17. The van der Waals surface area contributed by atoms with Crippen molar-refractivity contribution in [2.24, 2.45) is 5.92 Å². The van der Waals surface area contributed by atoms with Gasteiger partial charge in [-0.15, -0.1) is 0 Å². The molecule has 1 fully saturated rings. The average molecular weight is 408 g/mol. The highest BCUT2D eigenvalue weighted by Gasteiger charge is 2.26. The van der Waals surface area contributed by atoms with Crippen molar-refractivity contribution in [2.75, 3.05) is 46.6 Å². The van der Waals surface area contributed by atoms with Crippen molar-refractivity contribution in [3.8, 4) is 5.75 Å². The summed E-state index contributed by atoms with van der Waals surface area (Å²) in [4.78, 5) is 25.3. The van der Waals surface area contributed by atoms with Crippen LogP contribution in [0.1, 0.15) is 25.3 Å². The van der Waals surface area contributed by atoms with E-state index in [0.717, 1.165) is 12.1 Å². The lowest BCUT2D eigenvalue weighted by Gasteiger charge is -2.23. The number of amides is 2. The molecule has 0 heterocycles. The Kier molecular flexibility index (Phi) is 9.73. The summed E-state index contributed by atoms with van der Waals surface area (Å²) < 4.78 is 16.0. The van der Waals surface area contributed by atoms with Gasteiger partial charge in [0, 0.05) is 33.2 Å². The summed E-state index contributed by atoms with van der Waals surface area (Å²) in [7, 11) is 1.60. The number of nitrogens with zero attached hydrogens (tertiary/aromatic N) is 1. The van der Waals surface area contributed by atoms with E-state index in [9.17, 15) is 14.7 Å². The van der Waals surface area contributed by atoms with Crippen LogP contribution in [0.5, 0.6) is 5.75 Å². The van der Waals surface area contributed by atoms with Gasteiger partial charge < -0.3 is 29.5 Å². The van der Waals surface area contributed by atoms with Gasteiger partial charge in [0.15, 0.2) is 6.10 Å². The molecule has 2 amide bonds. The molecule has 1 aliphatic rings. The van der Waals surface area contributed by atoms with E-state index >= 15 is 0 Å². The van der Waals surface area contributed by atoms with Crippen LogP contribution in [0.4, 0.5) is 4.79 Å². The number of ether oxygens (including phenoxy) is 3. The lowest BCUT2D eigenvalue weighted by molar-refractivity contribution is -0.149. The number of carbonyl (C=O) groups is 2. The van der Waals surface area contributed by atoms with E-state index in [2.05, 4.69) is 5.32 Å². The Morgan fingerprint density at radius 3 is 2.55 bits per heavy atom. The van der Waals surface area contributed by atoms with Gasteiger partial charge in [0.25, 0.3) is 0 Å². The highest BCUT2D eigenvalue weighted by molar-refractivity contribution is 5.74. The zero-order valence-corrected chi connectivity index (χ0v) is 17.3. The maximum absolute atomic E-state index is 12.3. The largest absolute Gasteiger partial charge is 0.492 e. The third-order valence-corrected chi connectivity index (χ3v) is 4.66. The zero-order valence-electron chi connectivity index (χ0n) is 17.3.